The largest absolute Gasteiger partial charge is 0.356 e. The molecule has 2 N–H and O–H groups in total. The van der Waals surface area contributed by atoms with Gasteiger partial charge in [0.15, 0.2) is 5.96 Å². The average molecular weight is 510 g/mol. The van der Waals surface area contributed by atoms with E-state index in [1.807, 2.05) is 47.2 Å². The van der Waals surface area contributed by atoms with Crippen LogP contribution >= 0.6 is 24.0 Å². The normalized spacial score (nSPS) is 16.6. The average Bonchev–Trinajstić information content (AvgIpc) is 3.28. The van der Waals surface area contributed by atoms with Crippen LogP contribution in [0.15, 0.2) is 47.7 Å². The number of rotatable bonds is 8. The van der Waals surface area contributed by atoms with Gasteiger partial charge in [0.25, 0.3) is 0 Å². The molecule has 1 fully saturated rings. The van der Waals surface area contributed by atoms with Crippen LogP contribution in [-0.4, -0.2) is 59.8 Å². The van der Waals surface area contributed by atoms with Gasteiger partial charge in [-0.2, -0.15) is 5.10 Å². The van der Waals surface area contributed by atoms with E-state index >= 15 is 0 Å². The number of nitrogens with one attached hydrogen (secondary N) is 2. The Hall–Kier alpha value is -2.10. The summed E-state index contributed by atoms with van der Waals surface area (Å²) in [5, 5.41) is 10.9. The minimum Gasteiger partial charge on any atom is -0.356 e. The predicted molar refractivity (Wildman–Crippen MR) is 127 cm³/mol. The molecule has 158 valence electrons. The number of halogens is 1. The van der Waals surface area contributed by atoms with E-state index in [9.17, 15) is 4.79 Å². The first-order valence-corrected chi connectivity index (χ1v) is 9.88. The molecule has 0 radical (unpaired) electrons. The van der Waals surface area contributed by atoms with Crippen LogP contribution in [0.1, 0.15) is 17.5 Å². The molecule has 2 heterocycles. The first kappa shape index (κ1) is 23.2. The third-order valence-electron chi connectivity index (χ3n) is 5.05. The Morgan fingerprint density at radius 3 is 2.69 bits per heavy atom. The van der Waals surface area contributed by atoms with Crippen molar-refractivity contribution in [2.75, 3.05) is 33.2 Å². The fourth-order valence-electron chi connectivity index (χ4n) is 3.50. The molecular formula is C21H31IN6O. The second-order valence-corrected chi connectivity index (χ2v) is 7.30. The standard InChI is InChI=1S/C21H30N6O.HI/c1-22-21(23-10-8-18-14-25-26(2)15-18)24-13-19-12-20(28)27(16-19)11-9-17-6-4-3-5-7-17;/h3-7,14-15,19H,8-13,16H2,1-2H3,(H2,22,23,24);1H. The molecule has 3 rings (SSSR count). The van der Waals surface area contributed by atoms with E-state index in [0.29, 0.717) is 12.3 Å². The third-order valence-corrected chi connectivity index (χ3v) is 5.05. The van der Waals surface area contributed by atoms with Gasteiger partial charge in [-0.15, -0.1) is 24.0 Å². The Balaban J connectivity index is 0.00000300. The number of carbonyl (C=O) groups excluding carboxylic acids is 1. The van der Waals surface area contributed by atoms with Crippen LogP contribution in [-0.2, 0) is 24.7 Å². The lowest BCUT2D eigenvalue weighted by atomic mass is 10.1. The lowest BCUT2D eigenvalue weighted by Gasteiger charge is -2.18. The minimum atomic E-state index is 0. The van der Waals surface area contributed by atoms with Gasteiger partial charge in [0.2, 0.25) is 5.91 Å². The molecule has 0 aliphatic carbocycles. The van der Waals surface area contributed by atoms with E-state index in [1.54, 1.807) is 7.05 Å². The van der Waals surface area contributed by atoms with Gasteiger partial charge >= 0.3 is 0 Å². The highest BCUT2D eigenvalue weighted by atomic mass is 127. The lowest BCUT2D eigenvalue weighted by Crippen LogP contribution is -2.41. The van der Waals surface area contributed by atoms with Crippen LogP contribution in [0.2, 0.25) is 0 Å². The third kappa shape index (κ3) is 7.34. The van der Waals surface area contributed by atoms with Gasteiger partial charge < -0.3 is 15.5 Å². The van der Waals surface area contributed by atoms with Gasteiger partial charge in [0, 0.05) is 58.8 Å². The van der Waals surface area contributed by atoms with Crippen LogP contribution in [0.3, 0.4) is 0 Å². The van der Waals surface area contributed by atoms with Gasteiger partial charge in [0.1, 0.15) is 0 Å². The Kier molecular flexibility index (Phi) is 9.43. The summed E-state index contributed by atoms with van der Waals surface area (Å²) >= 11 is 0. The van der Waals surface area contributed by atoms with E-state index in [2.05, 4.69) is 32.9 Å². The zero-order chi connectivity index (χ0) is 19.8. The Morgan fingerprint density at radius 1 is 1.21 bits per heavy atom. The zero-order valence-electron chi connectivity index (χ0n) is 17.2. The van der Waals surface area contributed by atoms with Crippen molar-refractivity contribution in [1.29, 1.82) is 0 Å². The molecule has 1 unspecified atom stereocenters. The summed E-state index contributed by atoms with van der Waals surface area (Å²) in [6.45, 7) is 3.14. The molecule has 1 aliphatic heterocycles. The molecule has 0 bridgehead atoms. The molecule has 8 heteroatoms. The second-order valence-electron chi connectivity index (χ2n) is 7.30. The molecule has 1 aromatic carbocycles. The summed E-state index contributed by atoms with van der Waals surface area (Å²) in [6.07, 6.45) is 6.31. The van der Waals surface area contributed by atoms with E-state index in [4.69, 9.17) is 0 Å². The zero-order valence-corrected chi connectivity index (χ0v) is 19.5. The number of aromatic nitrogens is 2. The summed E-state index contributed by atoms with van der Waals surface area (Å²) in [6, 6.07) is 10.3. The van der Waals surface area contributed by atoms with Crippen LogP contribution in [0.4, 0.5) is 0 Å². The second kappa shape index (κ2) is 11.8. The summed E-state index contributed by atoms with van der Waals surface area (Å²) in [7, 11) is 3.69. The minimum absolute atomic E-state index is 0. The number of benzene rings is 1. The number of aryl methyl sites for hydroxylation is 1. The fourth-order valence-corrected chi connectivity index (χ4v) is 3.50. The first-order chi connectivity index (χ1) is 13.6. The maximum absolute atomic E-state index is 12.3. The summed E-state index contributed by atoms with van der Waals surface area (Å²) in [5.41, 5.74) is 2.47. The van der Waals surface area contributed by atoms with Gasteiger partial charge in [-0.25, -0.2) is 0 Å². The van der Waals surface area contributed by atoms with Crippen molar-refractivity contribution in [2.24, 2.45) is 18.0 Å². The predicted octanol–water partition coefficient (Wildman–Crippen LogP) is 1.84. The van der Waals surface area contributed by atoms with Crippen molar-refractivity contribution in [3.8, 4) is 0 Å². The van der Waals surface area contributed by atoms with E-state index in [1.165, 1.54) is 11.1 Å². The van der Waals surface area contributed by atoms with Crippen molar-refractivity contribution >= 4 is 35.8 Å². The van der Waals surface area contributed by atoms with Crippen molar-refractivity contribution in [3.05, 3.63) is 53.9 Å². The number of hydrogen-bond acceptors (Lipinski definition) is 3. The van der Waals surface area contributed by atoms with Crippen LogP contribution in [0.5, 0.6) is 0 Å². The monoisotopic (exact) mass is 510 g/mol. The maximum atomic E-state index is 12.3. The van der Waals surface area contributed by atoms with E-state index in [0.717, 1.165) is 45.0 Å². The number of likely N-dealkylation sites (tertiary alicyclic amines) is 1. The number of amides is 1. The molecule has 1 aliphatic rings. The lowest BCUT2D eigenvalue weighted by molar-refractivity contribution is -0.127. The molecular weight excluding hydrogens is 479 g/mol. The van der Waals surface area contributed by atoms with Gasteiger partial charge in [0.05, 0.1) is 6.20 Å². The molecule has 1 aromatic heterocycles. The van der Waals surface area contributed by atoms with Crippen LogP contribution in [0.25, 0.3) is 0 Å². The van der Waals surface area contributed by atoms with Gasteiger partial charge in [-0.05, 0) is 24.0 Å². The number of hydrogen-bond donors (Lipinski definition) is 2. The van der Waals surface area contributed by atoms with Gasteiger partial charge in [-0.3, -0.25) is 14.5 Å². The number of guanidine groups is 1. The van der Waals surface area contributed by atoms with E-state index < -0.39 is 0 Å². The topological polar surface area (TPSA) is 74.5 Å². The molecule has 0 saturated carbocycles. The molecule has 1 atom stereocenters. The van der Waals surface area contributed by atoms with Crippen molar-refractivity contribution < 1.29 is 4.79 Å². The van der Waals surface area contributed by atoms with Crippen molar-refractivity contribution in [1.82, 2.24) is 25.3 Å². The highest BCUT2D eigenvalue weighted by molar-refractivity contribution is 14.0. The van der Waals surface area contributed by atoms with Crippen LogP contribution in [0, 0.1) is 5.92 Å². The quantitative estimate of drug-likeness (QED) is 0.323. The molecule has 1 saturated heterocycles. The molecule has 1 amide bonds. The number of aliphatic imine (C=N–C) groups is 1. The van der Waals surface area contributed by atoms with Crippen LogP contribution < -0.4 is 10.6 Å². The number of nitrogens with zero attached hydrogens (tertiary/aromatic N) is 4. The number of carbonyl (C=O) groups is 1. The molecule has 29 heavy (non-hydrogen) atoms. The molecule has 2 aromatic rings. The van der Waals surface area contributed by atoms with Gasteiger partial charge in [-0.1, -0.05) is 30.3 Å². The molecule has 0 spiro atoms. The van der Waals surface area contributed by atoms with E-state index in [-0.39, 0.29) is 29.9 Å². The summed E-state index contributed by atoms with van der Waals surface area (Å²) in [4.78, 5) is 18.6. The summed E-state index contributed by atoms with van der Waals surface area (Å²) in [5.74, 6) is 1.35. The van der Waals surface area contributed by atoms with Crippen molar-refractivity contribution in [2.45, 2.75) is 19.3 Å². The Bertz CT molecular complexity index is 791. The Morgan fingerprint density at radius 2 is 2.00 bits per heavy atom. The fraction of sp³-hybridized carbons (Fsp3) is 0.476. The molecule has 7 nitrogen and oxygen atoms in total. The maximum Gasteiger partial charge on any atom is 0.223 e. The SMILES string of the molecule is CN=C(NCCc1cnn(C)c1)NCC1CC(=O)N(CCc2ccccc2)C1.I. The summed E-state index contributed by atoms with van der Waals surface area (Å²) < 4.78 is 1.81. The smallest absolute Gasteiger partial charge is 0.223 e. The van der Waals surface area contributed by atoms with Crippen molar-refractivity contribution in [3.63, 3.8) is 0 Å². The highest BCUT2D eigenvalue weighted by Crippen LogP contribution is 2.17. The first-order valence-electron chi connectivity index (χ1n) is 9.88. The Labute approximate surface area is 190 Å². The highest BCUT2D eigenvalue weighted by Gasteiger charge is 2.29.